The standard InChI is InChI=1S/C18H26N4O/c1-13-6-4-2-3-5-9-19-16-10-14(21-12-23)7-8-15(16)17-11-20-18(13)22-17/h7-8,10,12-13,17,19H,2-6,9,11H2,1H3,(H,20,22)(H,21,23)/t13-,17?/m0/s1. The summed E-state index contributed by atoms with van der Waals surface area (Å²) in [5.74, 6) is 1.66. The van der Waals surface area contributed by atoms with E-state index in [9.17, 15) is 4.79 Å². The van der Waals surface area contributed by atoms with Crippen molar-refractivity contribution in [2.24, 2.45) is 10.9 Å². The molecule has 1 unspecified atom stereocenters. The van der Waals surface area contributed by atoms with Gasteiger partial charge in [0.15, 0.2) is 0 Å². The van der Waals surface area contributed by atoms with Gasteiger partial charge in [0.25, 0.3) is 0 Å². The van der Waals surface area contributed by atoms with Gasteiger partial charge in [-0.25, -0.2) is 0 Å². The van der Waals surface area contributed by atoms with Crippen LogP contribution in [0.4, 0.5) is 11.4 Å². The van der Waals surface area contributed by atoms with Crippen LogP contribution in [-0.2, 0) is 4.79 Å². The molecule has 1 amide bonds. The minimum absolute atomic E-state index is 0.223. The number of carbonyl (C=O) groups excluding carboxylic acids is 1. The van der Waals surface area contributed by atoms with Gasteiger partial charge in [-0.2, -0.15) is 0 Å². The Morgan fingerprint density at radius 3 is 3.00 bits per heavy atom. The van der Waals surface area contributed by atoms with Crippen molar-refractivity contribution in [3.05, 3.63) is 23.8 Å². The van der Waals surface area contributed by atoms with Gasteiger partial charge in [-0.15, -0.1) is 0 Å². The van der Waals surface area contributed by atoms with E-state index in [0.29, 0.717) is 5.92 Å². The van der Waals surface area contributed by atoms with E-state index in [0.717, 1.165) is 36.7 Å². The second kappa shape index (κ2) is 7.49. The van der Waals surface area contributed by atoms with Crippen LogP contribution in [0, 0.1) is 5.92 Å². The number of fused-ring (bicyclic) bond motifs is 4. The third kappa shape index (κ3) is 3.84. The maximum Gasteiger partial charge on any atom is 0.211 e. The van der Waals surface area contributed by atoms with Crippen molar-refractivity contribution in [3.63, 3.8) is 0 Å². The molecule has 0 aromatic heterocycles. The van der Waals surface area contributed by atoms with E-state index < -0.39 is 0 Å². The molecular formula is C18H26N4O. The van der Waals surface area contributed by atoms with Gasteiger partial charge in [0.05, 0.1) is 18.4 Å². The molecule has 2 heterocycles. The van der Waals surface area contributed by atoms with E-state index in [1.54, 1.807) is 0 Å². The normalized spacial score (nSPS) is 24.7. The van der Waals surface area contributed by atoms with E-state index in [2.05, 4.69) is 28.9 Å². The fourth-order valence-electron chi connectivity index (χ4n) is 3.39. The summed E-state index contributed by atoms with van der Waals surface area (Å²) >= 11 is 0. The molecule has 124 valence electrons. The monoisotopic (exact) mass is 314 g/mol. The fraction of sp³-hybridized carbons (Fsp3) is 0.556. The van der Waals surface area contributed by atoms with Gasteiger partial charge in [-0.1, -0.05) is 32.3 Å². The number of benzene rings is 1. The average Bonchev–Trinajstić information content (AvgIpc) is 3.04. The maximum absolute atomic E-state index is 10.7. The summed E-state index contributed by atoms with van der Waals surface area (Å²) in [4.78, 5) is 15.4. The Hall–Kier alpha value is -2.04. The Morgan fingerprint density at radius 1 is 1.26 bits per heavy atom. The van der Waals surface area contributed by atoms with Crippen LogP contribution >= 0.6 is 0 Å². The molecular weight excluding hydrogens is 288 g/mol. The number of hydrogen-bond donors (Lipinski definition) is 3. The predicted molar refractivity (Wildman–Crippen MR) is 95.0 cm³/mol. The third-order valence-corrected chi connectivity index (χ3v) is 4.77. The highest BCUT2D eigenvalue weighted by molar-refractivity contribution is 5.86. The second-order valence-electron chi connectivity index (χ2n) is 6.52. The molecule has 0 spiro atoms. The minimum atomic E-state index is 0.223. The summed E-state index contributed by atoms with van der Waals surface area (Å²) in [5.41, 5.74) is 3.15. The lowest BCUT2D eigenvalue weighted by Crippen LogP contribution is -2.28. The summed E-state index contributed by atoms with van der Waals surface area (Å²) in [6.07, 6.45) is 6.91. The molecule has 0 saturated heterocycles. The topological polar surface area (TPSA) is 65.5 Å². The number of amidine groups is 1. The van der Waals surface area contributed by atoms with Crippen molar-refractivity contribution >= 4 is 23.6 Å². The van der Waals surface area contributed by atoms with Gasteiger partial charge in [-0.3, -0.25) is 9.79 Å². The minimum Gasteiger partial charge on any atom is -0.385 e. The molecule has 0 aliphatic carbocycles. The summed E-state index contributed by atoms with van der Waals surface area (Å²) in [7, 11) is 0. The van der Waals surface area contributed by atoms with E-state index in [-0.39, 0.29) is 6.04 Å². The first kappa shape index (κ1) is 15.8. The molecule has 23 heavy (non-hydrogen) atoms. The summed E-state index contributed by atoms with van der Waals surface area (Å²) in [5, 5.41) is 9.89. The highest BCUT2D eigenvalue weighted by atomic mass is 16.1. The molecule has 1 aromatic rings. The lowest BCUT2D eigenvalue weighted by atomic mass is 10.0. The number of hydrogen-bond acceptors (Lipinski definition) is 4. The molecule has 3 N–H and O–H groups in total. The molecule has 1 aromatic carbocycles. The van der Waals surface area contributed by atoms with Crippen molar-refractivity contribution in [2.75, 3.05) is 23.7 Å². The molecule has 0 radical (unpaired) electrons. The van der Waals surface area contributed by atoms with Gasteiger partial charge in [0.1, 0.15) is 0 Å². The number of anilines is 2. The number of aliphatic imine (C=N–C) groups is 1. The molecule has 2 atom stereocenters. The Balaban J connectivity index is 1.84. The molecule has 3 rings (SSSR count). The van der Waals surface area contributed by atoms with Gasteiger partial charge in [0.2, 0.25) is 6.41 Å². The van der Waals surface area contributed by atoms with Crippen LogP contribution in [0.5, 0.6) is 0 Å². The predicted octanol–water partition coefficient (Wildman–Crippen LogP) is 3.31. The quantitative estimate of drug-likeness (QED) is 0.734. The number of nitrogens with zero attached hydrogens (tertiary/aromatic N) is 1. The largest absolute Gasteiger partial charge is 0.385 e. The third-order valence-electron chi connectivity index (χ3n) is 4.77. The number of amides is 1. The summed E-state index contributed by atoms with van der Waals surface area (Å²) in [6, 6.07) is 6.29. The number of rotatable bonds is 2. The van der Waals surface area contributed by atoms with Gasteiger partial charge < -0.3 is 16.0 Å². The van der Waals surface area contributed by atoms with Crippen LogP contribution in [0.3, 0.4) is 0 Å². The van der Waals surface area contributed by atoms with Crippen LogP contribution in [-0.4, -0.2) is 25.3 Å². The lowest BCUT2D eigenvalue weighted by Gasteiger charge is -2.20. The maximum atomic E-state index is 10.7. The molecule has 0 saturated carbocycles. The van der Waals surface area contributed by atoms with Crippen LogP contribution in [0.25, 0.3) is 0 Å². The van der Waals surface area contributed by atoms with Gasteiger partial charge >= 0.3 is 0 Å². The molecule has 0 fully saturated rings. The Kier molecular flexibility index (Phi) is 5.16. The van der Waals surface area contributed by atoms with Gasteiger partial charge in [-0.05, 0) is 30.5 Å². The average molecular weight is 314 g/mol. The fourth-order valence-corrected chi connectivity index (χ4v) is 3.39. The highest BCUT2D eigenvalue weighted by Gasteiger charge is 2.24. The van der Waals surface area contributed by atoms with Crippen molar-refractivity contribution < 1.29 is 4.79 Å². The zero-order valence-electron chi connectivity index (χ0n) is 13.8. The molecule has 2 bridgehead atoms. The van der Waals surface area contributed by atoms with Crippen molar-refractivity contribution in [2.45, 2.75) is 45.1 Å². The smallest absolute Gasteiger partial charge is 0.211 e. The first-order chi connectivity index (χ1) is 11.3. The Morgan fingerprint density at radius 2 is 2.13 bits per heavy atom. The van der Waals surface area contributed by atoms with Crippen LogP contribution in [0.15, 0.2) is 23.2 Å². The van der Waals surface area contributed by atoms with Crippen LogP contribution in [0.1, 0.15) is 50.6 Å². The molecule has 5 heteroatoms. The van der Waals surface area contributed by atoms with E-state index in [4.69, 9.17) is 4.99 Å². The number of nitrogens with one attached hydrogen (secondary N) is 3. The lowest BCUT2D eigenvalue weighted by molar-refractivity contribution is -0.105. The first-order valence-corrected chi connectivity index (χ1v) is 8.67. The zero-order valence-corrected chi connectivity index (χ0v) is 13.8. The van der Waals surface area contributed by atoms with E-state index in [1.165, 1.54) is 37.7 Å². The first-order valence-electron chi connectivity index (χ1n) is 8.67. The summed E-state index contributed by atoms with van der Waals surface area (Å²) < 4.78 is 0. The highest BCUT2D eigenvalue weighted by Crippen LogP contribution is 2.30. The summed E-state index contributed by atoms with van der Waals surface area (Å²) in [6.45, 7) is 4.02. The second-order valence-corrected chi connectivity index (χ2v) is 6.52. The Labute approximate surface area is 138 Å². The van der Waals surface area contributed by atoms with Crippen LogP contribution in [0.2, 0.25) is 0 Å². The van der Waals surface area contributed by atoms with Crippen LogP contribution < -0.4 is 16.0 Å². The van der Waals surface area contributed by atoms with Crippen molar-refractivity contribution in [3.8, 4) is 0 Å². The van der Waals surface area contributed by atoms with Gasteiger partial charge in [0, 0.05) is 23.8 Å². The van der Waals surface area contributed by atoms with Crippen molar-refractivity contribution in [1.82, 2.24) is 5.32 Å². The SMILES string of the molecule is C[C@H]1CCCCCCNc2cc(NC=O)ccc2C2CN=C1N2. The molecule has 5 nitrogen and oxygen atoms in total. The van der Waals surface area contributed by atoms with Crippen molar-refractivity contribution in [1.29, 1.82) is 0 Å². The van der Waals surface area contributed by atoms with E-state index >= 15 is 0 Å². The molecule has 2 aliphatic rings. The zero-order chi connectivity index (χ0) is 16.1. The van der Waals surface area contributed by atoms with E-state index in [1.807, 2.05) is 12.1 Å². The number of carbonyl (C=O) groups is 1. The Bertz CT molecular complexity index is 584. The molecule has 2 aliphatic heterocycles.